The lowest BCUT2D eigenvalue weighted by Crippen LogP contribution is -2.33. The van der Waals surface area contributed by atoms with Gasteiger partial charge in [-0.25, -0.2) is 0 Å². The van der Waals surface area contributed by atoms with Crippen molar-refractivity contribution in [1.29, 1.82) is 0 Å². The van der Waals surface area contributed by atoms with Crippen molar-refractivity contribution in [2.75, 3.05) is 26.3 Å². The maximum Gasteiger partial charge on any atom is 0.240 e. The molecule has 0 spiro atoms. The van der Waals surface area contributed by atoms with Gasteiger partial charge in [0.25, 0.3) is 0 Å². The van der Waals surface area contributed by atoms with Crippen LogP contribution in [0.4, 0.5) is 0 Å². The molecule has 4 rings (SSSR count). The van der Waals surface area contributed by atoms with E-state index in [1.807, 2.05) is 41.1 Å². The summed E-state index contributed by atoms with van der Waals surface area (Å²) in [6.07, 6.45) is 3.19. The molecular weight excluding hydrogens is 374 g/mol. The number of benzene rings is 2. The Labute approximate surface area is 170 Å². The molecule has 2 aromatic carbocycles. The maximum absolute atomic E-state index is 9.44. The van der Waals surface area contributed by atoms with Crippen LogP contribution in [0.25, 0.3) is 10.9 Å². The number of likely N-dealkylation sites (tertiary alicyclic amines) is 1. The van der Waals surface area contributed by atoms with E-state index in [2.05, 4.69) is 17.0 Å². The van der Waals surface area contributed by atoms with E-state index >= 15 is 0 Å². The Hall–Kier alpha value is -2.08. The summed E-state index contributed by atoms with van der Waals surface area (Å²) in [5.41, 5.74) is 2.21. The highest BCUT2D eigenvalue weighted by atomic mass is 35.5. The van der Waals surface area contributed by atoms with Crippen LogP contribution in [0.5, 0.6) is 5.88 Å². The van der Waals surface area contributed by atoms with Crippen LogP contribution in [0.1, 0.15) is 24.8 Å². The van der Waals surface area contributed by atoms with E-state index < -0.39 is 0 Å². The summed E-state index contributed by atoms with van der Waals surface area (Å²) in [4.78, 5) is 2.36. The average molecular weight is 400 g/mol. The fourth-order valence-electron chi connectivity index (χ4n) is 3.92. The van der Waals surface area contributed by atoms with Crippen molar-refractivity contribution in [3.8, 4) is 5.88 Å². The van der Waals surface area contributed by atoms with Crippen LogP contribution >= 0.6 is 11.6 Å². The molecule has 0 radical (unpaired) electrons. The molecule has 3 aromatic rings. The van der Waals surface area contributed by atoms with Crippen molar-refractivity contribution < 1.29 is 9.84 Å². The second-order valence-corrected chi connectivity index (χ2v) is 7.76. The van der Waals surface area contributed by atoms with Gasteiger partial charge in [-0.15, -0.1) is 5.10 Å². The number of hydrogen-bond acceptors (Lipinski definition) is 4. The molecule has 0 amide bonds. The predicted molar refractivity (Wildman–Crippen MR) is 112 cm³/mol. The highest BCUT2D eigenvalue weighted by molar-refractivity contribution is 6.30. The van der Waals surface area contributed by atoms with Crippen LogP contribution in [-0.2, 0) is 6.54 Å². The number of aromatic nitrogens is 2. The fourth-order valence-corrected chi connectivity index (χ4v) is 4.05. The van der Waals surface area contributed by atoms with Crippen molar-refractivity contribution in [3.63, 3.8) is 0 Å². The monoisotopic (exact) mass is 399 g/mol. The summed E-state index contributed by atoms with van der Waals surface area (Å²) in [5, 5.41) is 15.9. The Morgan fingerprint density at radius 2 is 1.96 bits per heavy atom. The van der Waals surface area contributed by atoms with Gasteiger partial charge in [0.2, 0.25) is 5.88 Å². The number of para-hydroxylation sites is 1. The molecule has 0 saturated carbocycles. The molecule has 28 heavy (non-hydrogen) atoms. The Kier molecular flexibility index (Phi) is 6.15. The molecule has 6 heteroatoms. The number of aliphatic hydroxyl groups is 1. The summed E-state index contributed by atoms with van der Waals surface area (Å²) in [5.74, 6) is 0.685. The topological polar surface area (TPSA) is 50.5 Å². The lowest BCUT2D eigenvalue weighted by atomic mass is 10.2. The first-order chi connectivity index (χ1) is 13.7. The van der Waals surface area contributed by atoms with Gasteiger partial charge in [-0.05, 0) is 55.6 Å². The van der Waals surface area contributed by atoms with Gasteiger partial charge in [-0.1, -0.05) is 35.9 Å². The van der Waals surface area contributed by atoms with Gasteiger partial charge in [0.15, 0.2) is 0 Å². The fraction of sp³-hybridized carbons (Fsp3) is 0.409. The molecule has 1 N–H and O–H groups in total. The first-order valence-electron chi connectivity index (χ1n) is 9.92. The highest BCUT2D eigenvalue weighted by Crippen LogP contribution is 2.26. The van der Waals surface area contributed by atoms with Crippen LogP contribution in [0.15, 0.2) is 48.5 Å². The smallest absolute Gasteiger partial charge is 0.240 e. The van der Waals surface area contributed by atoms with Crippen molar-refractivity contribution in [2.24, 2.45) is 0 Å². The second-order valence-electron chi connectivity index (χ2n) is 7.32. The molecule has 1 aliphatic rings. The molecular formula is C22H26ClN3O2. The Bertz CT molecular complexity index is 910. The largest absolute Gasteiger partial charge is 0.476 e. The van der Waals surface area contributed by atoms with Crippen LogP contribution in [-0.4, -0.2) is 52.1 Å². The summed E-state index contributed by atoms with van der Waals surface area (Å²) in [6.45, 7) is 3.57. The Balaban J connectivity index is 1.42. The molecule has 1 aromatic heterocycles. The zero-order valence-corrected chi connectivity index (χ0v) is 16.7. The third-order valence-electron chi connectivity index (χ3n) is 5.41. The van der Waals surface area contributed by atoms with Crippen molar-refractivity contribution >= 4 is 22.5 Å². The third kappa shape index (κ3) is 4.32. The van der Waals surface area contributed by atoms with Crippen LogP contribution in [0, 0.1) is 0 Å². The molecule has 1 saturated heterocycles. The standard InChI is InChI=1S/C22H26ClN3O2/c23-18-10-8-17(9-11-18)15-26-21-7-2-1-6-20(21)22(24-26)28-14-4-13-25-12-3-5-19(25)16-27/h1-2,6-11,19,27H,3-5,12-16H2. The van der Waals surface area contributed by atoms with Crippen molar-refractivity contribution in [2.45, 2.75) is 31.8 Å². The van der Waals surface area contributed by atoms with E-state index in [1.165, 1.54) is 6.42 Å². The second kappa shape index (κ2) is 8.95. The van der Waals surface area contributed by atoms with Crippen LogP contribution in [0.3, 0.4) is 0 Å². The summed E-state index contributed by atoms with van der Waals surface area (Å²) in [7, 11) is 0. The molecule has 1 atom stereocenters. The molecule has 0 aliphatic carbocycles. The number of aliphatic hydroxyl groups excluding tert-OH is 1. The lowest BCUT2D eigenvalue weighted by Gasteiger charge is -2.22. The van der Waals surface area contributed by atoms with Gasteiger partial charge in [-0.3, -0.25) is 9.58 Å². The lowest BCUT2D eigenvalue weighted by molar-refractivity contribution is 0.150. The minimum Gasteiger partial charge on any atom is -0.476 e. The maximum atomic E-state index is 9.44. The van der Waals surface area contributed by atoms with Crippen molar-refractivity contribution in [3.05, 3.63) is 59.1 Å². The number of rotatable bonds is 8. The Morgan fingerprint density at radius 1 is 1.14 bits per heavy atom. The SMILES string of the molecule is OCC1CCCN1CCCOc1nn(Cc2ccc(Cl)cc2)c2ccccc12. The normalized spacial score (nSPS) is 17.4. The minimum absolute atomic E-state index is 0.251. The number of fused-ring (bicyclic) bond motifs is 1. The molecule has 2 heterocycles. The van der Waals surface area contributed by atoms with E-state index in [9.17, 15) is 5.11 Å². The number of hydrogen-bond donors (Lipinski definition) is 1. The van der Waals surface area contributed by atoms with Crippen LogP contribution < -0.4 is 4.74 Å². The molecule has 5 nitrogen and oxygen atoms in total. The first kappa shape index (κ1) is 19.2. The van der Waals surface area contributed by atoms with Gasteiger partial charge in [0, 0.05) is 17.6 Å². The van der Waals surface area contributed by atoms with E-state index in [4.69, 9.17) is 21.4 Å². The molecule has 1 aliphatic heterocycles. The van der Waals surface area contributed by atoms with E-state index in [-0.39, 0.29) is 6.61 Å². The van der Waals surface area contributed by atoms with Crippen molar-refractivity contribution in [1.82, 2.24) is 14.7 Å². The van der Waals surface area contributed by atoms with E-state index in [0.29, 0.717) is 25.1 Å². The summed E-state index contributed by atoms with van der Waals surface area (Å²) in [6, 6.07) is 16.3. The van der Waals surface area contributed by atoms with Gasteiger partial charge in [0.1, 0.15) is 0 Å². The summed E-state index contributed by atoms with van der Waals surface area (Å²) < 4.78 is 8.03. The van der Waals surface area contributed by atoms with Gasteiger partial charge in [0.05, 0.1) is 30.7 Å². The minimum atomic E-state index is 0.251. The molecule has 1 fully saturated rings. The Morgan fingerprint density at radius 3 is 2.79 bits per heavy atom. The average Bonchev–Trinajstić information content (AvgIpc) is 3.32. The van der Waals surface area contributed by atoms with E-state index in [0.717, 1.165) is 47.4 Å². The third-order valence-corrected chi connectivity index (χ3v) is 5.66. The number of halogens is 1. The van der Waals surface area contributed by atoms with Gasteiger partial charge >= 0.3 is 0 Å². The zero-order valence-electron chi connectivity index (χ0n) is 15.9. The number of nitrogens with zero attached hydrogens (tertiary/aromatic N) is 3. The molecule has 148 valence electrons. The van der Waals surface area contributed by atoms with Crippen LogP contribution in [0.2, 0.25) is 5.02 Å². The predicted octanol–water partition coefficient (Wildman–Crippen LogP) is 3.96. The summed E-state index contributed by atoms with van der Waals surface area (Å²) >= 11 is 5.99. The molecule has 0 bridgehead atoms. The quantitative estimate of drug-likeness (QED) is 0.582. The van der Waals surface area contributed by atoms with Gasteiger partial charge < -0.3 is 9.84 Å². The zero-order chi connectivity index (χ0) is 19.3. The molecule has 1 unspecified atom stereocenters. The highest BCUT2D eigenvalue weighted by Gasteiger charge is 2.22. The first-order valence-corrected chi connectivity index (χ1v) is 10.3. The number of ether oxygens (including phenoxy) is 1. The van der Waals surface area contributed by atoms with E-state index in [1.54, 1.807) is 0 Å². The van der Waals surface area contributed by atoms with Gasteiger partial charge in [-0.2, -0.15) is 0 Å².